The summed E-state index contributed by atoms with van der Waals surface area (Å²) in [6, 6.07) is 11.3. The average molecular weight is 487 g/mol. The number of rotatable bonds is 6. The van der Waals surface area contributed by atoms with Crippen molar-refractivity contribution in [2.45, 2.75) is 0 Å². The molecule has 180 valence electrons. The third-order valence-corrected chi connectivity index (χ3v) is 6.28. The highest BCUT2D eigenvalue weighted by Gasteiger charge is 2.25. The highest BCUT2D eigenvalue weighted by Crippen LogP contribution is 2.26. The second-order valence-corrected chi connectivity index (χ2v) is 8.69. The Morgan fingerprint density at radius 2 is 1.62 bits per heavy atom. The Morgan fingerprint density at radius 1 is 0.941 bits per heavy atom. The van der Waals surface area contributed by atoms with Gasteiger partial charge in [0.1, 0.15) is 0 Å². The lowest BCUT2D eigenvalue weighted by atomic mass is 10.1. The maximum Gasteiger partial charge on any atom is 0.337 e. The number of benzene rings is 2. The van der Waals surface area contributed by atoms with Gasteiger partial charge in [0.05, 0.1) is 31.0 Å². The van der Waals surface area contributed by atoms with Gasteiger partial charge in [0.2, 0.25) is 5.91 Å². The molecule has 2 aromatic carbocycles. The summed E-state index contributed by atoms with van der Waals surface area (Å²) in [6.45, 7) is 5.29. The van der Waals surface area contributed by atoms with Crippen LogP contribution in [-0.4, -0.2) is 91.7 Å². The molecule has 0 radical (unpaired) electrons. The summed E-state index contributed by atoms with van der Waals surface area (Å²) in [5, 5.41) is 13.1. The lowest BCUT2D eigenvalue weighted by molar-refractivity contribution is -0.136. The summed E-state index contributed by atoms with van der Waals surface area (Å²) in [7, 11) is 0. The molecule has 2 amide bonds. The molecule has 2 heterocycles. The molecule has 2 aromatic rings. The van der Waals surface area contributed by atoms with Crippen LogP contribution in [0.2, 0.25) is 5.02 Å². The zero-order valence-corrected chi connectivity index (χ0v) is 19.5. The van der Waals surface area contributed by atoms with E-state index in [2.05, 4.69) is 10.2 Å². The van der Waals surface area contributed by atoms with Gasteiger partial charge in [-0.1, -0.05) is 11.6 Å². The second kappa shape index (κ2) is 10.9. The minimum absolute atomic E-state index is 0.101. The maximum atomic E-state index is 12.5. The number of anilines is 2. The van der Waals surface area contributed by atoms with Crippen molar-refractivity contribution in [1.29, 1.82) is 0 Å². The van der Waals surface area contributed by atoms with Crippen molar-refractivity contribution >= 4 is 40.8 Å². The number of halogens is 1. The molecule has 0 saturated carbocycles. The van der Waals surface area contributed by atoms with Gasteiger partial charge in [0.15, 0.2) is 0 Å². The Balaban J connectivity index is 1.38. The standard InChI is InChI=1S/C24H27ClN4O5/c25-18-3-1-17(2-4-18)23(31)26-19-5-6-21(20(15-19)24(32)33)28-9-7-27(8-10-28)16-22(30)29-11-13-34-14-12-29/h1-6,15H,7-14,16H2,(H,26,31)(H,32,33). The van der Waals surface area contributed by atoms with Crippen molar-refractivity contribution in [3.63, 3.8) is 0 Å². The molecule has 34 heavy (non-hydrogen) atoms. The molecule has 0 atom stereocenters. The quantitative estimate of drug-likeness (QED) is 0.645. The van der Waals surface area contributed by atoms with Crippen LogP contribution in [0, 0.1) is 0 Å². The van der Waals surface area contributed by atoms with Gasteiger partial charge >= 0.3 is 5.97 Å². The van der Waals surface area contributed by atoms with Gasteiger partial charge in [0.25, 0.3) is 5.91 Å². The van der Waals surface area contributed by atoms with Crippen LogP contribution in [0.4, 0.5) is 11.4 Å². The Kier molecular flexibility index (Phi) is 7.66. The van der Waals surface area contributed by atoms with E-state index in [1.165, 1.54) is 6.07 Å². The smallest absolute Gasteiger partial charge is 0.337 e. The zero-order valence-electron chi connectivity index (χ0n) is 18.7. The average Bonchev–Trinajstić information content (AvgIpc) is 2.85. The fraction of sp³-hybridized carbons (Fsp3) is 0.375. The fourth-order valence-corrected chi connectivity index (χ4v) is 4.24. The first-order valence-corrected chi connectivity index (χ1v) is 11.6. The SMILES string of the molecule is O=C(Nc1ccc(N2CCN(CC(=O)N3CCOCC3)CC2)c(C(=O)O)c1)c1ccc(Cl)cc1. The van der Waals surface area contributed by atoms with Crippen molar-refractivity contribution in [2.75, 3.05) is 69.2 Å². The van der Waals surface area contributed by atoms with Gasteiger partial charge in [0, 0.05) is 55.5 Å². The Hall–Kier alpha value is -3.14. The molecule has 0 spiro atoms. The predicted octanol–water partition coefficient (Wildman–Crippen LogP) is 2.27. The number of piperazine rings is 1. The number of aromatic carboxylic acids is 1. The molecule has 2 fully saturated rings. The number of nitrogens with one attached hydrogen (secondary N) is 1. The van der Waals surface area contributed by atoms with E-state index in [-0.39, 0.29) is 17.4 Å². The van der Waals surface area contributed by atoms with Crippen molar-refractivity contribution in [3.8, 4) is 0 Å². The number of carbonyl (C=O) groups excluding carboxylic acids is 2. The molecule has 0 unspecified atom stereocenters. The van der Waals surface area contributed by atoms with E-state index in [1.54, 1.807) is 36.4 Å². The number of carbonyl (C=O) groups is 3. The highest BCUT2D eigenvalue weighted by molar-refractivity contribution is 6.30. The highest BCUT2D eigenvalue weighted by atomic mass is 35.5. The Labute approximate surface area is 202 Å². The Bertz CT molecular complexity index is 1050. The molecule has 2 aliphatic heterocycles. The van der Waals surface area contributed by atoms with Gasteiger partial charge < -0.3 is 25.0 Å². The van der Waals surface area contributed by atoms with Crippen LogP contribution in [0.15, 0.2) is 42.5 Å². The Morgan fingerprint density at radius 3 is 2.26 bits per heavy atom. The van der Waals surface area contributed by atoms with E-state index in [1.807, 2.05) is 9.80 Å². The molecule has 0 bridgehead atoms. The third-order valence-electron chi connectivity index (χ3n) is 6.03. The second-order valence-electron chi connectivity index (χ2n) is 8.25. The zero-order chi connectivity index (χ0) is 24.1. The fourth-order valence-electron chi connectivity index (χ4n) is 4.12. The van der Waals surface area contributed by atoms with E-state index >= 15 is 0 Å². The van der Waals surface area contributed by atoms with Crippen molar-refractivity contribution in [3.05, 3.63) is 58.6 Å². The monoisotopic (exact) mass is 486 g/mol. The van der Waals surface area contributed by atoms with Crippen LogP contribution in [0.3, 0.4) is 0 Å². The van der Waals surface area contributed by atoms with Crippen LogP contribution in [0.1, 0.15) is 20.7 Å². The first kappa shape index (κ1) is 24.0. The van der Waals surface area contributed by atoms with Crippen LogP contribution in [0.25, 0.3) is 0 Å². The maximum absolute atomic E-state index is 12.5. The van der Waals surface area contributed by atoms with Crippen LogP contribution < -0.4 is 10.2 Å². The molecule has 0 aliphatic carbocycles. The molecule has 4 rings (SSSR count). The summed E-state index contributed by atoms with van der Waals surface area (Å²) in [5.74, 6) is -1.31. The molecule has 10 heteroatoms. The summed E-state index contributed by atoms with van der Waals surface area (Å²) in [4.78, 5) is 42.9. The normalized spacial score (nSPS) is 16.9. The van der Waals surface area contributed by atoms with Gasteiger partial charge in [-0.2, -0.15) is 0 Å². The minimum Gasteiger partial charge on any atom is -0.478 e. The van der Waals surface area contributed by atoms with Gasteiger partial charge in [-0.3, -0.25) is 14.5 Å². The van der Waals surface area contributed by atoms with Crippen LogP contribution in [-0.2, 0) is 9.53 Å². The number of morpholine rings is 1. The van der Waals surface area contributed by atoms with Crippen LogP contribution >= 0.6 is 11.6 Å². The van der Waals surface area contributed by atoms with Crippen LogP contribution in [0.5, 0.6) is 0 Å². The number of carboxylic acids is 1. The topological polar surface area (TPSA) is 102 Å². The minimum atomic E-state index is -1.07. The first-order valence-electron chi connectivity index (χ1n) is 11.2. The van der Waals surface area contributed by atoms with Crippen molar-refractivity contribution in [1.82, 2.24) is 9.80 Å². The molecular formula is C24H27ClN4O5. The summed E-state index contributed by atoms with van der Waals surface area (Å²) >= 11 is 5.86. The number of carboxylic acid groups (broad SMARTS) is 1. The lowest BCUT2D eigenvalue weighted by Gasteiger charge is -2.37. The summed E-state index contributed by atoms with van der Waals surface area (Å²) in [6.07, 6.45) is 0. The predicted molar refractivity (Wildman–Crippen MR) is 129 cm³/mol. The number of nitrogens with zero attached hydrogens (tertiary/aromatic N) is 3. The number of hydrogen-bond acceptors (Lipinski definition) is 6. The van der Waals surface area contributed by atoms with Gasteiger partial charge in [-0.15, -0.1) is 0 Å². The summed E-state index contributed by atoms with van der Waals surface area (Å²) in [5.41, 5.74) is 1.53. The largest absolute Gasteiger partial charge is 0.478 e. The van der Waals surface area contributed by atoms with Gasteiger partial charge in [-0.25, -0.2) is 4.79 Å². The van der Waals surface area contributed by atoms with E-state index in [9.17, 15) is 19.5 Å². The molecule has 9 nitrogen and oxygen atoms in total. The van der Waals surface area contributed by atoms with Gasteiger partial charge in [-0.05, 0) is 42.5 Å². The molecule has 2 N–H and O–H groups in total. The van der Waals surface area contributed by atoms with E-state index in [0.29, 0.717) is 81.0 Å². The van der Waals surface area contributed by atoms with E-state index < -0.39 is 5.97 Å². The molecular weight excluding hydrogens is 460 g/mol. The number of amides is 2. The number of hydrogen-bond donors (Lipinski definition) is 2. The molecule has 2 aliphatic rings. The van der Waals surface area contributed by atoms with E-state index in [4.69, 9.17) is 16.3 Å². The third kappa shape index (κ3) is 5.85. The molecule has 2 saturated heterocycles. The van der Waals surface area contributed by atoms with E-state index in [0.717, 1.165) is 0 Å². The van der Waals surface area contributed by atoms with Crippen molar-refractivity contribution in [2.24, 2.45) is 0 Å². The number of ether oxygens (including phenoxy) is 1. The van der Waals surface area contributed by atoms with Crippen molar-refractivity contribution < 1.29 is 24.2 Å². The first-order chi connectivity index (χ1) is 16.4. The molecule has 0 aromatic heterocycles. The summed E-state index contributed by atoms with van der Waals surface area (Å²) < 4.78 is 5.30. The lowest BCUT2D eigenvalue weighted by Crippen LogP contribution is -2.51.